The van der Waals surface area contributed by atoms with Crippen molar-refractivity contribution < 1.29 is 0 Å². The Bertz CT molecular complexity index is 220. The zero-order valence-corrected chi connectivity index (χ0v) is 11.1. The van der Waals surface area contributed by atoms with E-state index in [2.05, 4.69) is 27.7 Å². The van der Waals surface area contributed by atoms with Crippen LogP contribution in [-0.4, -0.2) is 0 Å². The molecule has 2 fully saturated rings. The van der Waals surface area contributed by atoms with Crippen LogP contribution in [0.3, 0.4) is 0 Å². The largest absolute Gasteiger partial charge is 0.0651 e. The van der Waals surface area contributed by atoms with Crippen molar-refractivity contribution in [3.05, 3.63) is 0 Å². The molecule has 0 heterocycles. The van der Waals surface area contributed by atoms with Crippen molar-refractivity contribution in [1.29, 1.82) is 0 Å². The normalized spacial score (nSPS) is 51.2. The van der Waals surface area contributed by atoms with Crippen molar-refractivity contribution in [3.63, 3.8) is 0 Å². The van der Waals surface area contributed by atoms with Gasteiger partial charge in [-0.15, -0.1) is 0 Å². The van der Waals surface area contributed by atoms with Crippen LogP contribution in [0.15, 0.2) is 0 Å². The summed E-state index contributed by atoms with van der Waals surface area (Å²) < 4.78 is 0. The number of rotatable bonds is 1. The molecule has 15 heavy (non-hydrogen) atoms. The highest BCUT2D eigenvalue weighted by Gasteiger charge is 2.44. The quantitative estimate of drug-likeness (QED) is 0.576. The summed E-state index contributed by atoms with van der Waals surface area (Å²) in [5.41, 5.74) is 0.682. The maximum absolute atomic E-state index is 2.56. The molecule has 0 heteroatoms. The summed E-state index contributed by atoms with van der Waals surface area (Å²) in [7, 11) is 0. The van der Waals surface area contributed by atoms with Gasteiger partial charge in [-0.3, -0.25) is 0 Å². The molecule has 2 aliphatic carbocycles. The Morgan fingerprint density at radius 1 is 1.13 bits per heavy atom. The first kappa shape index (κ1) is 11.5. The van der Waals surface area contributed by atoms with E-state index in [0.717, 1.165) is 23.7 Å². The second-order valence-corrected chi connectivity index (χ2v) is 6.68. The third kappa shape index (κ3) is 1.97. The maximum Gasteiger partial charge on any atom is -0.0297 e. The molecular formula is C15H28. The molecule has 0 aliphatic heterocycles. The van der Waals surface area contributed by atoms with Gasteiger partial charge in [-0.25, -0.2) is 0 Å². The van der Waals surface area contributed by atoms with E-state index >= 15 is 0 Å². The molecule has 2 aliphatic rings. The molecule has 0 amide bonds. The van der Waals surface area contributed by atoms with Crippen LogP contribution in [0.2, 0.25) is 0 Å². The molecule has 0 nitrogen and oxygen atoms in total. The van der Waals surface area contributed by atoms with Gasteiger partial charge in [-0.1, -0.05) is 40.5 Å². The van der Waals surface area contributed by atoms with E-state index in [9.17, 15) is 0 Å². The zero-order valence-electron chi connectivity index (χ0n) is 11.1. The Balaban J connectivity index is 2.20. The molecule has 2 bridgehead atoms. The lowest BCUT2D eigenvalue weighted by atomic mass is 9.60. The molecule has 5 atom stereocenters. The first-order chi connectivity index (χ1) is 7.07. The molecular weight excluding hydrogens is 180 g/mol. The van der Waals surface area contributed by atoms with E-state index in [-0.39, 0.29) is 0 Å². The monoisotopic (exact) mass is 208 g/mol. The van der Waals surface area contributed by atoms with E-state index < -0.39 is 0 Å². The van der Waals surface area contributed by atoms with Gasteiger partial charge < -0.3 is 0 Å². The Morgan fingerprint density at radius 3 is 2.53 bits per heavy atom. The number of fused-ring (bicyclic) bond motifs is 2. The molecule has 5 unspecified atom stereocenters. The third-order valence-electron chi connectivity index (χ3n) is 5.89. The van der Waals surface area contributed by atoms with Crippen LogP contribution in [-0.2, 0) is 0 Å². The molecule has 0 aromatic heterocycles. The van der Waals surface area contributed by atoms with Gasteiger partial charge in [0.2, 0.25) is 0 Å². The fourth-order valence-electron chi connectivity index (χ4n) is 4.23. The fourth-order valence-corrected chi connectivity index (χ4v) is 4.23. The van der Waals surface area contributed by atoms with Crippen molar-refractivity contribution in [2.24, 2.45) is 29.1 Å². The van der Waals surface area contributed by atoms with Crippen LogP contribution >= 0.6 is 0 Å². The molecule has 0 aromatic rings. The van der Waals surface area contributed by atoms with Gasteiger partial charge in [0.05, 0.1) is 0 Å². The summed E-state index contributed by atoms with van der Waals surface area (Å²) in [6.45, 7) is 9.97. The first-order valence-electron chi connectivity index (χ1n) is 7.07. The number of hydrogen-bond donors (Lipinski definition) is 0. The second kappa shape index (κ2) is 4.11. The van der Waals surface area contributed by atoms with Crippen LogP contribution in [0.5, 0.6) is 0 Å². The van der Waals surface area contributed by atoms with E-state index in [1.165, 1.54) is 38.5 Å². The Labute approximate surface area is 95.8 Å². The van der Waals surface area contributed by atoms with Gasteiger partial charge >= 0.3 is 0 Å². The second-order valence-electron chi connectivity index (χ2n) is 6.68. The standard InChI is InChI=1S/C15H28/c1-5-13-8-9-15(4)10-14(13)11(2)6-7-12(15)3/h11-14H,5-10H2,1-4H3. The summed E-state index contributed by atoms with van der Waals surface area (Å²) >= 11 is 0. The van der Waals surface area contributed by atoms with E-state index in [4.69, 9.17) is 0 Å². The molecule has 2 saturated carbocycles. The topological polar surface area (TPSA) is 0 Å². The fraction of sp³-hybridized carbons (Fsp3) is 1.00. The SMILES string of the molecule is CCC1CCC2(C)CC1C(C)CCC2C. The Hall–Kier alpha value is 0. The summed E-state index contributed by atoms with van der Waals surface area (Å²) in [4.78, 5) is 0. The van der Waals surface area contributed by atoms with Crippen LogP contribution in [0.4, 0.5) is 0 Å². The smallest absolute Gasteiger partial charge is 0.0297 e. The molecule has 0 radical (unpaired) electrons. The first-order valence-corrected chi connectivity index (χ1v) is 7.07. The lowest BCUT2D eigenvalue weighted by Gasteiger charge is -2.45. The van der Waals surface area contributed by atoms with Crippen molar-refractivity contribution in [1.82, 2.24) is 0 Å². The van der Waals surface area contributed by atoms with Crippen molar-refractivity contribution in [2.45, 2.75) is 66.2 Å². The van der Waals surface area contributed by atoms with Gasteiger partial charge in [0.15, 0.2) is 0 Å². The molecule has 0 spiro atoms. The Morgan fingerprint density at radius 2 is 1.87 bits per heavy atom. The lowest BCUT2D eigenvalue weighted by Crippen LogP contribution is -2.35. The summed E-state index contributed by atoms with van der Waals surface area (Å²) in [6.07, 6.45) is 8.90. The van der Waals surface area contributed by atoms with Crippen molar-refractivity contribution in [2.75, 3.05) is 0 Å². The highest BCUT2D eigenvalue weighted by Crippen LogP contribution is 2.54. The average Bonchev–Trinajstić information content (AvgIpc) is 2.31. The highest BCUT2D eigenvalue weighted by atomic mass is 14.5. The van der Waals surface area contributed by atoms with Gasteiger partial charge in [-0.2, -0.15) is 0 Å². The minimum Gasteiger partial charge on any atom is -0.0651 e. The van der Waals surface area contributed by atoms with Crippen molar-refractivity contribution in [3.8, 4) is 0 Å². The van der Waals surface area contributed by atoms with E-state index in [0.29, 0.717) is 5.41 Å². The van der Waals surface area contributed by atoms with Crippen LogP contribution in [0.25, 0.3) is 0 Å². The lowest BCUT2D eigenvalue weighted by molar-refractivity contribution is 0.0522. The van der Waals surface area contributed by atoms with Gasteiger partial charge in [0.1, 0.15) is 0 Å². The number of hydrogen-bond acceptors (Lipinski definition) is 0. The van der Waals surface area contributed by atoms with E-state index in [1.807, 2.05) is 0 Å². The van der Waals surface area contributed by atoms with Crippen LogP contribution in [0.1, 0.15) is 66.2 Å². The van der Waals surface area contributed by atoms with Gasteiger partial charge in [0, 0.05) is 0 Å². The molecule has 0 N–H and O–H groups in total. The Kier molecular flexibility index (Phi) is 3.14. The van der Waals surface area contributed by atoms with Gasteiger partial charge in [0.25, 0.3) is 0 Å². The van der Waals surface area contributed by atoms with E-state index in [1.54, 1.807) is 0 Å². The molecule has 0 aromatic carbocycles. The summed E-state index contributed by atoms with van der Waals surface area (Å²) in [5, 5.41) is 0. The minimum atomic E-state index is 0.682. The molecule has 88 valence electrons. The van der Waals surface area contributed by atoms with Crippen LogP contribution in [0, 0.1) is 29.1 Å². The predicted molar refractivity (Wildman–Crippen MR) is 66.8 cm³/mol. The third-order valence-corrected chi connectivity index (χ3v) is 5.89. The average molecular weight is 208 g/mol. The zero-order chi connectivity index (χ0) is 11.1. The van der Waals surface area contributed by atoms with Gasteiger partial charge in [-0.05, 0) is 54.8 Å². The maximum atomic E-state index is 2.56. The summed E-state index contributed by atoms with van der Waals surface area (Å²) in [6, 6.07) is 0. The molecule has 0 saturated heterocycles. The predicted octanol–water partition coefficient (Wildman–Crippen LogP) is 4.89. The summed E-state index contributed by atoms with van der Waals surface area (Å²) in [5.74, 6) is 4.03. The molecule has 2 rings (SSSR count). The van der Waals surface area contributed by atoms with Crippen LogP contribution < -0.4 is 0 Å². The minimum absolute atomic E-state index is 0.682. The highest BCUT2D eigenvalue weighted by molar-refractivity contribution is 4.94. The van der Waals surface area contributed by atoms with Crippen molar-refractivity contribution >= 4 is 0 Å².